The summed E-state index contributed by atoms with van der Waals surface area (Å²) >= 11 is 1.02. The van der Waals surface area contributed by atoms with E-state index in [0.29, 0.717) is 16.3 Å². The van der Waals surface area contributed by atoms with Gasteiger partial charge in [-0.25, -0.2) is 9.38 Å². The highest BCUT2D eigenvalue weighted by Crippen LogP contribution is 2.25. The maximum Gasteiger partial charge on any atom is 0.270 e. The zero-order valence-corrected chi connectivity index (χ0v) is 18.7. The minimum atomic E-state index is -0.515. The first-order valence-electron chi connectivity index (χ1n) is 10.1. The summed E-state index contributed by atoms with van der Waals surface area (Å²) in [4.78, 5) is 43.9. The van der Waals surface area contributed by atoms with Crippen LogP contribution in [0.25, 0.3) is 4.96 Å². The van der Waals surface area contributed by atoms with Gasteiger partial charge in [-0.2, -0.15) is 0 Å². The molecule has 0 spiro atoms. The lowest BCUT2D eigenvalue weighted by molar-refractivity contribution is 0.0933. The van der Waals surface area contributed by atoms with Crippen LogP contribution >= 0.6 is 11.3 Å². The number of fused-ring (bicyclic) bond motifs is 1. The van der Waals surface area contributed by atoms with E-state index in [9.17, 15) is 14.4 Å². The highest BCUT2D eigenvalue weighted by atomic mass is 32.1. The number of aryl methyl sites for hydroxylation is 2. The van der Waals surface area contributed by atoms with Gasteiger partial charge in [-0.1, -0.05) is 53.8 Å². The standard InChI is InChI=1S/C24H22N4O3S/c1-14-8-7-11-18(16(14)3)27-23(31)21-20(22(30)25-13-17-9-5-4-6-10-17)28-19(29)12-15(2)26-24(28)32-21/h4-12H,13H2,1-3H3,(H,25,30)(H,27,31). The number of anilines is 1. The molecule has 0 unspecified atom stereocenters. The predicted molar refractivity (Wildman–Crippen MR) is 126 cm³/mol. The fourth-order valence-electron chi connectivity index (χ4n) is 3.37. The fourth-order valence-corrected chi connectivity index (χ4v) is 4.44. The van der Waals surface area contributed by atoms with E-state index < -0.39 is 17.4 Å². The molecule has 0 aliphatic heterocycles. The molecule has 0 saturated carbocycles. The molecule has 2 aromatic heterocycles. The van der Waals surface area contributed by atoms with Crippen LogP contribution in [0, 0.1) is 20.8 Å². The lowest BCUT2D eigenvalue weighted by Crippen LogP contribution is -2.30. The number of carbonyl (C=O) groups is 2. The highest BCUT2D eigenvalue weighted by Gasteiger charge is 2.26. The lowest BCUT2D eigenvalue weighted by atomic mass is 10.1. The molecule has 7 nitrogen and oxygen atoms in total. The number of benzene rings is 2. The van der Waals surface area contributed by atoms with Crippen LogP contribution in [-0.2, 0) is 6.54 Å². The second-order valence-electron chi connectivity index (χ2n) is 7.50. The number of thiazole rings is 1. The number of aromatic nitrogens is 2. The average Bonchev–Trinajstić information content (AvgIpc) is 3.16. The van der Waals surface area contributed by atoms with Crippen LogP contribution in [0.15, 0.2) is 59.4 Å². The topological polar surface area (TPSA) is 92.6 Å². The molecule has 0 bridgehead atoms. The lowest BCUT2D eigenvalue weighted by Gasteiger charge is -2.11. The molecule has 0 aliphatic rings. The first-order valence-corrected chi connectivity index (χ1v) is 10.9. The molecular weight excluding hydrogens is 424 g/mol. The Bertz CT molecular complexity index is 1390. The Labute approximate surface area is 188 Å². The molecule has 4 aromatic rings. The Morgan fingerprint density at radius 2 is 1.75 bits per heavy atom. The predicted octanol–water partition coefficient (Wildman–Crippen LogP) is 3.86. The summed E-state index contributed by atoms with van der Waals surface area (Å²) in [6.45, 7) is 5.84. The zero-order valence-electron chi connectivity index (χ0n) is 17.9. The third-order valence-electron chi connectivity index (χ3n) is 5.22. The van der Waals surface area contributed by atoms with Crippen LogP contribution in [0.3, 0.4) is 0 Å². The Balaban J connectivity index is 1.75. The number of nitrogens with one attached hydrogen (secondary N) is 2. The van der Waals surface area contributed by atoms with Crippen molar-refractivity contribution >= 4 is 33.8 Å². The first-order chi connectivity index (χ1) is 15.3. The van der Waals surface area contributed by atoms with Gasteiger partial charge in [0, 0.05) is 24.0 Å². The first kappa shape index (κ1) is 21.5. The minimum absolute atomic E-state index is 0.0127. The van der Waals surface area contributed by atoms with E-state index in [1.165, 1.54) is 10.5 Å². The summed E-state index contributed by atoms with van der Waals surface area (Å²) in [5.74, 6) is -0.977. The van der Waals surface area contributed by atoms with Gasteiger partial charge in [-0.3, -0.25) is 14.4 Å². The monoisotopic (exact) mass is 446 g/mol. The summed E-state index contributed by atoms with van der Waals surface area (Å²) < 4.78 is 1.20. The number of carbonyl (C=O) groups excluding carboxylic acids is 2. The molecule has 2 heterocycles. The number of rotatable bonds is 5. The average molecular weight is 447 g/mol. The van der Waals surface area contributed by atoms with Crippen LogP contribution < -0.4 is 16.2 Å². The maximum absolute atomic E-state index is 13.2. The van der Waals surface area contributed by atoms with Crippen molar-refractivity contribution in [3.8, 4) is 0 Å². The van der Waals surface area contributed by atoms with E-state index in [1.807, 2.05) is 56.3 Å². The molecular formula is C24H22N4O3S. The van der Waals surface area contributed by atoms with E-state index in [1.54, 1.807) is 13.0 Å². The molecule has 0 saturated heterocycles. The van der Waals surface area contributed by atoms with Gasteiger partial charge in [0.15, 0.2) is 4.96 Å². The van der Waals surface area contributed by atoms with Crippen molar-refractivity contribution in [1.82, 2.24) is 14.7 Å². The van der Waals surface area contributed by atoms with Gasteiger partial charge in [0.05, 0.1) is 0 Å². The van der Waals surface area contributed by atoms with Crippen LogP contribution in [0.4, 0.5) is 5.69 Å². The van der Waals surface area contributed by atoms with Crippen LogP contribution in [0.5, 0.6) is 0 Å². The molecule has 0 fully saturated rings. The highest BCUT2D eigenvalue weighted by molar-refractivity contribution is 7.19. The van der Waals surface area contributed by atoms with Crippen molar-refractivity contribution in [3.05, 3.63) is 97.9 Å². The molecule has 162 valence electrons. The molecule has 2 N–H and O–H groups in total. The van der Waals surface area contributed by atoms with E-state index in [-0.39, 0.29) is 17.1 Å². The van der Waals surface area contributed by atoms with Gasteiger partial charge in [0.1, 0.15) is 10.6 Å². The fraction of sp³-hybridized carbons (Fsp3) is 0.167. The van der Waals surface area contributed by atoms with Crippen LogP contribution in [0.1, 0.15) is 42.5 Å². The molecule has 4 rings (SSSR count). The molecule has 2 amide bonds. The third kappa shape index (κ3) is 4.17. The van der Waals surface area contributed by atoms with Gasteiger partial charge < -0.3 is 10.6 Å². The molecule has 0 radical (unpaired) electrons. The normalized spacial score (nSPS) is 10.8. The van der Waals surface area contributed by atoms with E-state index in [2.05, 4.69) is 15.6 Å². The molecule has 0 aliphatic carbocycles. The van der Waals surface area contributed by atoms with Crippen molar-refractivity contribution in [1.29, 1.82) is 0 Å². The van der Waals surface area contributed by atoms with Crippen molar-refractivity contribution in [2.75, 3.05) is 5.32 Å². The Morgan fingerprint density at radius 3 is 2.50 bits per heavy atom. The van der Waals surface area contributed by atoms with E-state index >= 15 is 0 Å². The van der Waals surface area contributed by atoms with Crippen LogP contribution in [0.2, 0.25) is 0 Å². The Hall–Kier alpha value is -3.78. The summed E-state index contributed by atoms with van der Waals surface area (Å²) in [6.07, 6.45) is 0. The SMILES string of the molecule is Cc1cc(=O)n2c(C(=O)NCc3ccccc3)c(C(=O)Nc3cccc(C)c3C)sc2n1. The number of hydrogen-bond acceptors (Lipinski definition) is 5. The second-order valence-corrected chi connectivity index (χ2v) is 8.48. The summed E-state index contributed by atoms with van der Waals surface area (Å²) in [7, 11) is 0. The molecule has 32 heavy (non-hydrogen) atoms. The Morgan fingerprint density at radius 1 is 1.00 bits per heavy atom. The number of amides is 2. The largest absolute Gasteiger partial charge is 0.347 e. The van der Waals surface area contributed by atoms with Crippen LogP contribution in [-0.4, -0.2) is 21.2 Å². The van der Waals surface area contributed by atoms with Crippen molar-refractivity contribution in [2.24, 2.45) is 0 Å². The molecule has 2 aromatic carbocycles. The summed E-state index contributed by atoms with van der Waals surface area (Å²) in [5.41, 5.74) is 3.63. The summed E-state index contributed by atoms with van der Waals surface area (Å²) in [5, 5.41) is 5.69. The second kappa shape index (κ2) is 8.76. The van der Waals surface area contributed by atoms with E-state index in [4.69, 9.17) is 0 Å². The Kier molecular flexibility index (Phi) is 5.87. The van der Waals surface area contributed by atoms with Gasteiger partial charge >= 0.3 is 0 Å². The van der Waals surface area contributed by atoms with Crippen molar-refractivity contribution in [3.63, 3.8) is 0 Å². The quantitative estimate of drug-likeness (QED) is 0.487. The van der Waals surface area contributed by atoms with Crippen molar-refractivity contribution in [2.45, 2.75) is 27.3 Å². The molecule has 0 atom stereocenters. The zero-order chi connectivity index (χ0) is 22.8. The molecule has 8 heteroatoms. The third-order valence-corrected chi connectivity index (χ3v) is 6.26. The number of nitrogens with zero attached hydrogens (tertiary/aromatic N) is 2. The van der Waals surface area contributed by atoms with Gasteiger partial charge in [-0.05, 0) is 43.5 Å². The van der Waals surface area contributed by atoms with Crippen molar-refractivity contribution < 1.29 is 9.59 Å². The van der Waals surface area contributed by atoms with Gasteiger partial charge in [0.2, 0.25) is 0 Å². The van der Waals surface area contributed by atoms with Gasteiger partial charge in [0.25, 0.3) is 17.4 Å². The van der Waals surface area contributed by atoms with E-state index in [0.717, 1.165) is 28.0 Å². The maximum atomic E-state index is 13.2. The minimum Gasteiger partial charge on any atom is -0.347 e. The summed E-state index contributed by atoms with van der Waals surface area (Å²) in [6, 6.07) is 16.4. The number of hydrogen-bond donors (Lipinski definition) is 2. The van der Waals surface area contributed by atoms with Gasteiger partial charge in [-0.15, -0.1) is 0 Å². The smallest absolute Gasteiger partial charge is 0.270 e.